The molecule has 0 bridgehead atoms. The van der Waals surface area contributed by atoms with Crippen LogP contribution in [-0.4, -0.2) is 37.1 Å². The van der Waals surface area contributed by atoms with Crippen LogP contribution < -0.4 is 4.90 Å². The molecule has 1 saturated heterocycles. The van der Waals surface area contributed by atoms with Crippen molar-refractivity contribution in [3.8, 4) is 6.07 Å². The summed E-state index contributed by atoms with van der Waals surface area (Å²) >= 11 is 0. The molecule has 102 valence electrons. The average Bonchev–Trinajstić information content (AvgIpc) is 2.90. The van der Waals surface area contributed by atoms with Crippen LogP contribution in [0.1, 0.15) is 25.8 Å². The summed E-state index contributed by atoms with van der Waals surface area (Å²) in [5, 5.41) is 8.74. The van der Waals surface area contributed by atoms with Crippen LogP contribution in [-0.2, 0) is 0 Å². The number of nitriles is 1. The van der Waals surface area contributed by atoms with Gasteiger partial charge in [0.15, 0.2) is 0 Å². The first-order valence-corrected chi connectivity index (χ1v) is 6.88. The van der Waals surface area contributed by atoms with Crippen molar-refractivity contribution in [1.82, 2.24) is 4.90 Å². The molecule has 0 radical (unpaired) electrons. The van der Waals surface area contributed by atoms with E-state index in [1.165, 1.54) is 6.07 Å². The molecule has 19 heavy (non-hydrogen) atoms. The highest BCUT2D eigenvalue weighted by atomic mass is 19.1. The van der Waals surface area contributed by atoms with E-state index >= 15 is 0 Å². The van der Waals surface area contributed by atoms with E-state index in [0.29, 0.717) is 6.04 Å². The molecule has 1 unspecified atom stereocenters. The van der Waals surface area contributed by atoms with E-state index < -0.39 is 5.82 Å². The maximum atomic E-state index is 13.6. The largest absolute Gasteiger partial charge is 0.370 e. The summed E-state index contributed by atoms with van der Waals surface area (Å²) in [6.45, 7) is 8.34. The molecule has 0 N–H and O–H groups in total. The van der Waals surface area contributed by atoms with Crippen LogP contribution in [0.15, 0.2) is 18.2 Å². The fourth-order valence-electron chi connectivity index (χ4n) is 2.81. The molecule has 1 atom stereocenters. The van der Waals surface area contributed by atoms with Crippen molar-refractivity contribution in [1.29, 1.82) is 5.26 Å². The lowest BCUT2D eigenvalue weighted by Gasteiger charge is -2.26. The predicted octanol–water partition coefficient (Wildman–Crippen LogP) is 2.62. The fourth-order valence-corrected chi connectivity index (χ4v) is 2.81. The van der Waals surface area contributed by atoms with Crippen LogP contribution in [0.25, 0.3) is 0 Å². The SMILES string of the molecule is CCN(CC)C1CCN(c2ccc(C#N)c(F)c2)C1. The van der Waals surface area contributed by atoms with E-state index in [0.717, 1.165) is 38.3 Å². The van der Waals surface area contributed by atoms with Gasteiger partial charge in [-0.05, 0) is 37.7 Å². The first-order chi connectivity index (χ1) is 9.19. The Morgan fingerprint density at radius 2 is 2.16 bits per heavy atom. The van der Waals surface area contributed by atoms with Crippen LogP contribution in [0.4, 0.5) is 10.1 Å². The van der Waals surface area contributed by atoms with E-state index in [1.807, 2.05) is 12.1 Å². The highest BCUT2D eigenvalue weighted by Crippen LogP contribution is 2.24. The lowest BCUT2D eigenvalue weighted by atomic mass is 10.2. The van der Waals surface area contributed by atoms with Gasteiger partial charge in [-0.15, -0.1) is 0 Å². The Bertz CT molecular complexity index is 477. The number of benzene rings is 1. The number of anilines is 1. The molecule has 1 aromatic carbocycles. The minimum atomic E-state index is -0.425. The van der Waals surface area contributed by atoms with Gasteiger partial charge in [-0.1, -0.05) is 13.8 Å². The molecule has 1 aromatic rings. The molecule has 0 saturated carbocycles. The van der Waals surface area contributed by atoms with Gasteiger partial charge in [0.2, 0.25) is 0 Å². The average molecular weight is 261 g/mol. The standard InChI is InChI=1S/C15H20FN3/c1-3-18(4-2)14-7-8-19(11-14)13-6-5-12(10-17)15(16)9-13/h5-6,9,14H,3-4,7-8,11H2,1-2H3. The highest BCUT2D eigenvalue weighted by Gasteiger charge is 2.26. The van der Waals surface area contributed by atoms with Crippen molar-refractivity contribution in [2.75, 3.05) is 31.1 Å². The molecule has 1 fully saturated rings. The summed E-state index contributed by atoms with van der Waals surface area (Å²) in [6, 6.07) is 7.29. The lowest BCUT2D eigenvalue weighted by Crippen LogP contribution is -2.37. The third-order valence-electron chi connectivity index (χ3n) is 3.93. The first kappa shape index (κ1) is 13.8. The van der Waals surface area contributed by atoms with Crippen LogP contribution in [0.2, 0.25) is 0 Å². The summed E-state index contributed by atoms with van der Waals surface area (Å²) in [7, 11) is 0. The molecule has 1 aliphatic heterocycles. The molecule has 4 heteroatoms. The second-order valence-corrected chi connectivity index (χ2v) is 4.89. The van der Waals surface area contributed by atoms with E-state index in [9.17, 15) is 4.39 Å². The number of likely N-dealkylation sites (N-methyl/N-ethyl adjacent to an activating group) is 1. The zero-order valence-corrected chi connectivity index (χ0v) is 11.6. The molecule has 1 heterocycles. The molecular formula is C15H20FN3. The van der Waals surface area contributed by atoms with Crippen molar-refractivity contribution in [2.45, 2.75) is 26.3 Å². The van der Waals surface area contributed by atoms with Gasteiger partial charge >= 0.3 is 0 Å². The topological polar surface area (TPSA) is 30.3 Å². The smallest absolute Gasteiger partial charge is 0.143 e. The number of hydrogen-bond acceptors (Lipinski definition) is 3. The van der Waals surface area contributed by atoms with Gasteiger partial charge in [0.05, 0.1) is 5.56 Å². The van der Waals surface area contributed by atoms with E-state index in [4.69, 9.17) is 5.26 Å². The maximum absolute atomic E-state index is 13.6. The molecule has 2 rings (SSSR count). The highest BCUT2D eigenvalue weighted by molar-refractivity contribution is 5.51. The minimum Gasteiger partial charge on any atom is -0.370 e. The molecule has 0 aromatic heterocycles. The molecule has 0 aliphatic carbocycles. The van der Waals surface area contributed by atoms with Crippen LogP contribution in [0, 0.1) is 17.1 Å². The van der Waals surface area contributed by atoms with Gasteiger partial charge < -0.3 is 4.90 Å². The summed E-state index contributed by atoms with van der Waals surface area (Å²) in [4.78, 5) is 4.65. The Labute approximate surface area is 114 Å². The summed E-state index contributed by atoms with van der Waals surface area (Å²) in [5.41, 5.74) is 0.995. The van der Waals surface area contributed by atoms with Crippen LogP contribution in [0.3, 0.4) is 0 Å². The van der Waals surface area contributed by atoms with Gasteiger partial charge in [0.1, 0.15) is 11.9 Å². The first-order valence-electron chi connectivity index (χ1n) is 6.88. The van der Waals surface area contributed by atoms with Gasteiger partial charge in [-0.3, -0.25) is 4.90 Å². The van der Waals surface area contributed by atoms with Crippen LogP contribution >= 0.6 is 0 Å². The number of hydrogen-bond donors (Lipinski definition) is 0. The summed E-state index contributed by atoms with van der Waals surface area (Å²) in [6.07, 6.45) is 1.11. The Morgan fingerprint density at radius 1 is 1.42 bits per heavy atom. The quantitative estimate of drug-likeness (QED) is 0.834. The minimum absolute atomic E-state index is 0.114. The lowest BCUT2D eigenvalue weighted by molar-refractivity contribution is 0.232. The third kappa shape index (κ3) is 2.87. The van der Waals surface area contributed by atoms with E-state index in [-0.39, 0.29) is 5.56 Å². The Hall–Kier alpha value is -1.60. The molecule has 3 nitrogen and oxygen atoms in total. The molecule has 0 spiro atoms. The van der Waals surface area contributed by atoms with Gasteiger partial charge in [0.25, 0.3) is 0 Å². The molecule has 1 aliphatic rings. The second kappa shape index (κ2) is 6.03. The van der Waals surface area contributed by atoms with Crippen molar-refractivity contribution < 1.29 is 4.39 Å². The zero-order valence-electron chi connectivity index (χ0n) is 11.6. The van der Waals surface area contributed by atoms with E-state index in [1.54, 1.807) is 6.07 Å². The van der Waals surface area contributed by atoms with Crippen molar-refractivity contribution in [3.05, 3.63) is 29.6 Å². The van der Waals surface area contributed by atoms with Gasteiger partial charge in [-0.2, -0.15) is 5.26 Å². The number of halogens is 1. The Balaban J connectivity index is 2.09. The van der Waals surface area contributed by atoms with E-state index in [2.05, 4.69) is 23.6 Å². The van der Waals surface area contributed by atoms with Gasteiger partial charge in [-0.25, -0.2) is 4.39 Å². The second-order valence-electron chi connectivity index (χ2n) is 4.89. The Morgan fingerprint density at radius 3 is 2.74 bits per heavy atom. The summed E-state index contributed by atoms with van der Waals surface area (Å²) < 4.78 is 13.6. The molecular weight excluding hydrogens is 241 g/mol. The Kier molecular flexibility index (Phi) is 4.39. The number of rotatable bonds is 4. The zero-order chi connectivity index (χ0) is 13.8. The predicted molar refractivity (Wildman–Crippen MR) is 74.7 cm³/mol. The monoisotopic (exact) mass is 261 g/mol. The molecule has 0 amide bonds. The normalized spacial score (nSPS) is 18.9. The van der Waals surface area contributed by atoms with Crippen molar-refractivity contribution >= 4 is 5.69 Å². The third-order valence-corrected chi connectivity index (χ3v) is 3.93. The van der Waals surface area contributed by atoms with Crippen LogP contribution in [0.5, 0.6) is 0 Å². The van der Waals surface area contributed by atoms with Crippen molar-refractivity contribution in [2.24, 2.45) is 0 Å². The maximum Gasteiger partial charge on any atom is 0.143 e. The number of nitrogens with zero attached hydrogens (tertiary/aromatic N) is 3. The fraction of sp³-hybridized carbons (Fsp3) is 0.533. The van der Waals surface area contributed by atoms with Crippen molar-refractivity contribution in [3.63, 3.8) is 0 Å². The van der Waals surface area contributed by atoms with Gasteiger partial charge in [0, 0.05) is 24.8 Å². The summed E-state index contributed by atoms with van der Waals surface area (Å²) in [5.74, 6) is -0.425.